The number of aromatic nitrogens is 7. The van der Waals surface area contributed by atoms with Gasteiger partial charge in [0.25, 0.3) is 0 Å². The average Bonchev–Trinajstić information content (AvgIpc) is 3.51. The van der Waals surface area contributed by atoms with Gasteiger partial charge in [0, 0.05) is 36.8 Å². The molecule has 1 aromatic carbocycles. The van der Waals surface area contributed by atoms with Crippen LogP contribution in [0.1, 0.15) is 29.5 Å². The molecule has 0 radical (unpaired) electrons. The number of hydrogen-bond acceptors (Lipinski definition) is 9. The van der Waals surface area contributed by atoms with Gasteiger partial charge in [0.1, 0.15) is 18.7 Å². The first-order valence-electron chi connectivity index (χ1n) is 9.77. The van der Waals surface area contributed by atoms with Crippen LogP contribution in [-0.4, -0.2) is 48.2 Å². The number of anilines is 1. The molecule has 0 bridgehead atoms. The van der Waals surface area contributed by atoms with Crippen molar-refractivity contribution in [3.8, 4) is 11.4 Å². The van der Waals surface area contributed by atoms with Gasteiger partial charge >= 0.3 is 0 Å². The van der Waals surface area contributed by atoms with E-state index in [0.717, 1.165) is 49.0 Å². The van der Waals surface area contributed by atoms with Crippen LogP contribution in [0.25, 0.3) is 5.69 Å². The minimum absolute atomic E-state index is 0.456. The number of thiazole rings is 1. The lowest BCUT2D eigenvalue weighted by Gasteiger charge is -2.30. The summed E-state index contributed by atoms with van der Waals surface area (Å²) in [6, 6.07) is 9.50. The number of piperidine rings is 1. The second-order valence-corrected chi connectivity index (χ2v) is 7.91. The summed E-state index contributed by atoms with van der Waals surface area (Å²) >= 11 is 1.72. The molecule has 5 rings (SSSR count). The third kappa shape index (κ3) is 4.13. The highest BCUT2D eigenvalue weighted by atomic mass is 32.1. The smallest absolute Gasteiger partial charge is 0.225 e. The van der Waals surface area contributed by atoms with Gasteiger partial charge < -0.3 is 9.64 Å². The van der Waals surface area contributed by atoms with E-state index in [2.05, 4.69) is 35.8 Å². The van der Waals surface area contributed by atoms with E-state index in [0.29, 0.717) is 12.5 Å². The maximum absolute atomic E-state index is 5.90. The van der Waals surface area contributed by atoms with Gasteiger partial charge in [-0.1, -0.05) is 0 Å². The summed E-state index contributed by atoms with van der Waals surface area (Å²) in [7, 11) is 0. The monoisotopic (exact) mass is 420 g/mol. The zero-order chi connectivity index (χ0) is 20.2. The quantitative estimate of drug-likeness (QED) is 0.470. The molecule has 0 unspecified atom stereocenters. The highest BCUT2D eigenvalue weighted by molar-refractivity contribution is 7.09. The summed E-state index contributed by atoms with van der Waals surface area (Å²) in [5, 5.41) is 14.4. The summed E-state index contributed by atoms with van der Waals surface area (Å²) in [6.07, 6.45) is 7.27. The third-order valence-electron chi connectivity index (χ3n) is 5.09. The van der Waals surface area contributed by atoms with Crippen molar-refractivity contribution in [2.75, 3.05) is 18.0 Å². The lowest BCUT2D eigenvalue weighted by Crippen LogP contribution is -2.34. The van der Waals surface area contributed by atoms with Crippen molar-refractivity contribution < 1.29 is 4.74 Å². The van der Waals surface area contributed by atoms with Gasteiger partial charge in [-0.2, -0.15) is 0 Å². The fraction of sp³-hybridized carbons (Fsp3) is 0.300. The molecule has 4 aromatic rings. The Morgan fingerprint density at radius 1 is 1.07 bits per heavy atom. The second-order valence-electron chi connectivity index (χ2n) is 7.02. The van der Waals surface area contributed by atoms with E-state index in [4.69, 9.17) is 9.72 Å². The number of nitrogens with zero attached hydrogens (tertiary/aromatic N) is 8. The van der Waals surface area contributed by atoms with E-state index in [1.165, 1.54) is 5.01 Å². The Hall–Kier alpha value is -3.40. The molecule has 0 amide bonds. The Balaban J connectivity index is 1.15. The van der Waals surface area contributed by atoms with Crippen molar-refractivity contribution in [2.45, 2.75) is 25.4 Å². The first kappa shape index (κ1) is 18.6. The largest absolute Gasteiger partial charge is 0.487 e. The lowest BCUT2D eigenvalue weighted by atomic mass is 9.98. The lowest BCUT2D eigenvalue weighted by molar-refractivity contribution is 0.301. The van der Waals surface area contributed by atoms with Gasteiger partial charge in [-0.05, 0) is 53.6 Å². The predicted octanol–water partition coefficient (Wildman–Crippen LogP) is 2.87. The number of rotatable bonds is 6. The van der Waals surface area contributed by atoms with Crippen molar-refractivity contribution in [2.24, 2.45) is 0 Å². The van der Waals surface area contributed by atoms with Crippen LogP contribution in [0.4, 0.5) is 5.95 Å². The van der Waals surface area contributed by atoms with Crippen LogP contribution in [0.3, 0.4) is 0 Å². The minimum Gasteiger partial charge on any atom is -0.487 e. The third-order valence-corrected chi connectivity index (χ3v) is 6.14. The Morgan fingerprint density at radius 3 is 2.60 bits per heavy atom. The summed E-state index contributed by atoms with van der Waals surface area (Å²) in [6.45, 7) is 2.36. The van der Waals surface area contributed by atoms with Crippen LogP contribution in [0.5, 0.6) is 5.75 Å². The van der Waals surface area contributed by atoms with Crippen molar-refractivity contribution >= 4 is 17.3 Å². The summed E-state index contributed by atoms with van der Waals surface area (Å²) in [5.74, 6) is 2.09. The molecule has 1 aliphatic rings. The molecule has 1 aliphatic heterocycles. The molecule has 1 fully saturated rings. The average molecular weight is 421 g/mol. The standard InChI is InChI=1S/C20H20N8OS/c1-8-21-20(22-9-1)27-10-6-15(7-11-27)19-24-16(13-30-19)12-29-18-4-2-17(3-5-18)28-14-23-25-26-28/h1-5,8-9,13-15H,6-7,10-12H2. The molecule has 10 heteroatoms. The van der Waals surface area contributed by atoms with Crippen LogP contribution in [0, 0.1) is 0 Å². The van der Waals surface area contributed by atoms with Crippen molar-refractivity contribution in [1.82, 2.24) is 35.2 Å². The Labute approximate surface area is 177 Å². The highest BCUT2D eigenvalue weighted by Gasteiger charge is 2.24. The molecule has 0 spiro atoms. The summed E-state index contributed by atoms with van der Waals surface area (Å²) in [5.41, 5.74) is 1.85. The fourth-order valence-corrected chi connectivity index (χ4v) is 4.47. The number of hydrogen-bond donors (Lipinski definition) is 0. The van der Waals surface area contributed by atoms with Crippen LogP contribution in [0.2, 0.25) is 0 Å². The van der Waals surface area contributed by atoms with E-state index >= 15 is 0 Å². The maximum atomic E-state index is 5.90. The van der Waals surface area contributed by atoms with Gasteiger partial charge in [0.2, 0.25) is 5.95 Å². The van der Waals surface area contributed by atoms with E-state index in [-0.39, 0.29) is 0 Å². The molecule has 0 saturated carbocycles. The van der Waals surface area contributed by atoms with Gasteiger partial charge in [-0.3, -0.25) is 0 Å². The van der Waals surface area contributed by atoms with Gasteiger partial charge in [-0.25, -0.2) is 19.6 Å². The van der Waals surface area contributed by atoms with Crippen LogP contribution in [0.15, 0.2) is 54.4 Å². The topological polar surface area (TPSA) is 94.7 Å². The number of ether oxygens (including phenoxy) is 1. The normalized spacial score (nSPS) is 14.7. The molecule has 9 nitrogen and oxygen atoms in total. The Kier molecular flexibility index (Phi) is 5.30. The molecular formula is C20H20N8OS. The van der Waals surface area contributed by atoms with Crippen molar-refractivity contribution in [1.29, 1.82) is 0 Å². The van der Waals surface area contributed by atoms with Gasteiger partial charge in [0.05, 0.1) is 16.4 Å². The van der Waals surface area contributed by atoms with Crippen LogP contribution < -0.4 is 9.64 Å². The second kappa shape index (κ2) is 8.54. The summed E-state index contributed by atoms with van der Waals surface area (Å²) in [4.78, 5) is 15.8. The zero-order valence-corrected chi connectivity index (χ0v) is 17.0. The Bertz CT molecular complexity index is 1060. The van der Waals surface area contributed by atoms with Crippen molar-refractivity contribution in [3.63, 3.8) is 0 Å². The van der Waals surface area contributed by atoms with Gasteiger partial charge in [-0.15, -0.1) is 16.4 Å². The van der Waals surface area contributed by atoms with Crippen LogP contribution in [-0.2, 0) is 6.61 Å². The van der Waals surface area contributed by atoms with E-state index in [9.17, 15) is 0 Å². The molecule has 0 N–H and O–H groups in total. The minimum atomic E-state index is 0.456. The molecule has 0 aliphatic carbocycles. The molecule has 30 heavy (non-hydrogen) atoms. The SMILES string of the molecule is c1cnc(N2CCC(c3nc(COc4ccc(-n5cnnn5)cc4)cs3)CC2)nc1. The number of benzene rings is 1. The number of tetrazole rings is 1. The first-order chi connectivity index (χ1) is 14.8. The fourth-order valence-electron chi connectivity index (χ4n) is 3.49. The van der Waals surface area contributed by atoms with Gasteiger partial charge in [0.15, 0.2) is 0 Å². The molecule has 152 valence electrons. The summed E-state index contributed by atoms with van der Waals surface area (Å²) < 4.78 is 7.50. The Morgan fingerprint density at radius 2 is 1.87 bits per heavy atom. The molecule has 1 saturated heterocycles. The first-order valence-corrected chi connectivity index (χ1v) is 10.7. The molecule has 4 heterocycles. The molecule has 0 atom stereocenters. The zero-order valence-electron chi connectivity index (χ0n) is 16.2. The van der Waals surface area contributed by atoms with E-state index in [1.54, 1.807) is 34.7 Å². The highest BCUT2D eigenvalue weighted by Crippen LogP contribution is 2.31. The predicted molar refractivity (Wildman–Crippen MR) is 112 cm³/mol. The van der Waals surface area contributed by atoms with Crippen molar-refractivity contribution in [3.05, 3.63) is 65.1 Å². The van der Waals surface area contributed by atoms with E-state index < -0.39 is 0 Å². The maximum Gasteiger partial charge on any atom is 0.225 e. The molecule has 3 aromatic heterocycles. The molecular weight excluding hydrogens is 400 g/mol. The van der Waals surface area contributed by atoms with E-state index in [1.807, 2.05) is 30.3 Å². The van der Waals surface area contributed by atoms with Crippen LogP contribution >= 0.6 is 11.3 Å².